The fraction of sp³-hybridized carbons (Fsp3) is 0.211. The van der Waals surface area contributed by atoms with Gasteiger partial charge in [0, 0.05) is 17.8 Å². The highest BCUT2D eigenvalue weighted by Crippen LogP contribution is 2.30. The van der Waals surface area contributed by atoms with Crippen LogP contribution in [-0.4, -0.2) is 24.0 Å². The summed E-state index contributed by atoms with van der Waals surface area (Å²) in [6.07, 6.45) is 1.91. The first kappa shape index (κ1) is 15.9. The van der Waals surface area contributed by atoms with Crippen molar-refractivity contribution in [2.45, 2.75) is 24.9 Å². The maximum absolute atomic E-state index is 11.9. The third-order valence-corrected chi connectivity index (χ3v) is 6.35. The highest BCUT2D eigenvalue weighted by atomic mass is 32.2. The summed E-state index contributed by atoms with van der Waals surface area (Å²) in [4.78, 5) is 2.61. The molecule has 0 spiro atoms. The van der Waals surface area contributed by atoms with Crippen molar-refractivity contribution in [3.8, 4) is 5.69 Å². The van der Waals surface area contributed by atoms with Gasteiger partial charge < -0.3 is 4.90 Å². The van der Waals surface area contributed by atoms with Crippen molar-refractivity contribution in [3.63, 3.8) is 0 Å². The van der Waals surface area contributed by atoms with Gasteiger partial charge in [0.15, 0.2) is 9.84 Å². The van der Waals surface area contributed by atoms with E-state index in [0.717, 1.165) is 24.5 Å². The number of para-hydroxylation sites is 1. The van der Waals surface area contributed by atoms with E-state index in [1.165, 1.54) is 11.3 Å². The van der Waals surface area contributed by atoms with E-state index in [9.17, 15) is 8.42 Å². The van der Waals surface area contributed by atoms with Crippen LogP contribution in [0.4, 0.5) is 5.69 Å². The van der Waals surface area contributed by atoms with Crippen LogP contribution in [0.2, 0.25) is 0 Å². The Morgan fingerprint density at radius 1 is 0.960 bits per heavy atom. The van der Waals surface area contributed by atoms with E-state index in [4.69, 9.17) is 0 Å². The van der Waals surface area contributed by atoms with Gasteiger partial charge in [0.1, 0.15) is 0 Å². The van der Waals surface area contributed by atoms with Crippen LogP contribution >= 0.6 is 0 Å². The lowest BCUT2D eigenvalue weighted by molar-refractivity contribution is 0.597. The molecule has 4 rings (SSSR count). The molecular formula is C19H19N3O2S. The van der Waals surface area contributed by atoms with Crippen LogP contribution in [-0.2, 0) is 22.9 Å². The summed E-state index contributed by atoms with van der Waals surface area (Å²) in [6.45, 7) is 3.20. The minimum Gasteiger partial charge on any atom is -0.361 e. The highest BCUT2D eigenvalue weighted by molar-refractivity contribution is 7.91. The monoisotopic (exact) mass is 353 g/mol. The lowest BCUT2D eigenvalue weighted by Gasteiger charge is -2.18. The van der Waals surface area contributed by atoms with Crippen LogP contribution in [0, 0.1) is 0 Å². The Morgan fingerprint density at radius 3 is 2.36 bits per heavy atom. The summed E-state index contributed by atoms with van der Waals surface area (Å²) in [5.41, 5.74) is 4.45. The van der Waals surface area contributed by atoms with Crippen molar-refractivity contribution < 1.29 is 8.42 Å². The average Bonchev–Trinajstić information content (AvgIpc) is 3.23. The van der Waals surface area contributed by atoms with Crippen molar-refractivity contribution >= 4 is 15.5 Å². The van der Waals surface area contributed by atoms with Crippen LogP contribution in [0.25, 0.3) is 5.69 Å². The maximum Gasteiger partial charge on any atom is 0.178 e. The highest BCUT2D eigenvalue weighted by Gasteiger charge is 2.24. The Hall–Kier alpha value is -2.60. The molecule has 25 heavy (non-hydrogen) atoms. The zero-order valence-corrected chi connectivity index (χ0v) is 14.8. The molecule has 128 valence electrons. The smallest absolute Gasteiger partial charge is 0.178 e. The number of sulfone groups is 1. The molecule has 0 saturated heterocycles. The standard InChI is InChI=1S/C19H19N3O2S/c1-2-25(23,24)18-10-8-16(9-11-18)21-13-15-12-20-22(19(15)14-21)17-6-4-3-5-7-17/h3-12H,2,13-14H2,1H3. The van der Waals surface area contributed by atoms with Gasteiger partial charge in [-0.05, 0) is 36.4 Å². The molecule has 0 aliphatic carbocycles. The van der Waals surface area contributed by atoms with Crippen LogP contribution in [0.3, 0.4) is 0 Å². The van der Waals surface area contributed by atoms with Crippen molar-refractivity contribution in [3.05, 3.63) is 72.1 Å². The Balaban J connectivity index is 1.59. The molecule has 1 aromatic heterocycles. The summed E-state index contributed by atoms with van der Waals surface area (Å²) >= 11 is 0. The third kappa shape index (κ3) is 2.82. The number of anilines is 1. The zero-order valence-electron chi connectivity index (χ0n) is 14.0. The molecule has 1 aliphatic rings. The first-order valence-electron chi connectivity index (χ1n) is 8.27. The molecule has 0 N–H and O–H groups in total. The van der Waals surface area contributed by atoms with Gasteiger partial charge in [-0.1, -0.05) is 25.1 Å². The summed E-state index contributed by atoms with van der Waals surface area (Å²) < 4.78 is 25.9. The molecule has 1 aliphatic heterocycles. The van der Waals surface area contributed by atoms with Crippen molar-refractivity contribution in [2.24, 2.45) is 0 Å². The van der Waals surface area contributed by atoms with E-state index in [-0.39, 0.29) is 5.75 Å². The van der Waals surface area contributed by atoms with E-state index in [1.807, 2.05) is 53.3 Å². The Morgan fingerprint density at radius 2 is 1.68 bits per heavy atom. The quantitative estimate of drug-likeness (QED) is 0.723. The number of benzene rings is 2. The minimum absolute atomic E-state index is 0.119. The van der Waals surface area contributed by atoms with Crippen LogP contribution in [0.1, 0.15) is 18.2 Å². The summed E-state index contributed by atoms with van der Waals surface area (Å²) in [5, 5.41) is 4.50. The molecule has 0 saturated carbocycles. The van der Waals surface area contributed by atoms with E-state index >= 15 is 0 Å². The first-order chi connectivity index (χ1) is 12.1. The lowest BCUT2D eigenvalue weighted by atomic mass is 10.3. The van der Waals surface area contributed by atoms with E-state index in [1.54, 1.807) is 19.1 Å². The summed E-state index contributed by atoms with van der Waals surface area (Å²) in [6, 6.07) is 17.2. The van der Waals surface area contributed by atoms with Crippen LogP contribution < -0.4 is 4.90 Å². The van der Waals surface area contributed by atoms with Gasteiger partial charge in [-0.3, -0.25) is 0 Å². The van der Waals surface area contributed by atoms with Gasteiger partial charge in [-0.2, -0.15) is 5.10 Å². The Bertz CT molecular complexity index is 993. The fourth-order valence-electron chi connectivity index (χ4n) is 3.16. The van der Waals surface area contributed by atoms with Gasteiger partial charge >= 0.3 is 0 Å². The summed E-state index contributed by atoms with van der Waals surface area (Å²) in [5.74, 6) is 0.119. The number of rotatable bonds is 4. The SMILES string of the molecule is CCS(=O)(=O)c1ccc(N2Cc3cnn(-c4ccccc4)c3C2)cc1. The van der Waals surface area contributed by atoms with Gasteiger partial charge in [-0.25, -0.2) is 13.1 Å². The Kier molecular flexibility index (Phi) is 3.84. The molecule has 3 aromatic rings. The maximum atomic E-state index is 11.9. The van der Waals surface area contributed by atoms with E-state index < -0.39 is 9.84 Å². The van der Waals surface area contributed by atoms with Crippen LogP contribution in [0.15, 0.2) is 65.7 Å². The first-order valence-corrected chi connectivity index (χ1v) is 9.92. The number of hydrogen-bond donors (Lipinski definition) is 0. The predicted molar refractivity (Wildman–Crippen MR) is 97.6 cm³/mol. The number of hydrogen-bond acceptors (Lipinski definition) is 4. The zero-order chi connectivity index (χ0) is 17.4. The third-order valence-electron chi connectivity index (χ3n) is 4.60. The van der Waals surface area contributed by atoms with Crippen LogP contribution in [0.5, 0.6) is 0 Å². The molecule has 0 bridgehead atoms. The number of nitrogens with zero attached hydrogens (tertiary/aromatic N) is 3. The van der Waals surface area contributed by atoms with Gasteiger partial charge in [0.05, 0.1) is 34.8 Å². The average molecular weight is 353 g/mol. The second-order valence-electron chi connectivity index (χ2n) is 6.12. The molecule has 2 heterocycles. The molecule has 0 atom stereocenters. The predicted octanol–water partition coefficient (Wildman–Crippen LogP) is 3.19. The van der Waals surface area contributed by atoms with Gasteiger partial charge in [0.25, 0.3) is 0 Å². The molecule has 6 heteroatoms. The fourth-order valence-corrected chi connectivity index (χ4v) is 4.04. The molecule has 0 amide bonds. The van der Waals surface area contributed by atoms with Gasteiger partial charge in [0.2, 0.25) is 0 Å². The largest absolute Gasteiger partial charge is 0.361 e. The normalized spacial score (nSPS) is 13.9. The molecule has 2 aromatic carbocycles. The van der Waals surface area contributed by atoms with E-state index in [2.05, 4.69) is 10.00 Å². The summed E-state index contributed by atoms with van der Waals surface area (Å²) in [7, 11) is -3.16. The number of aromatic nitrogens is 2. The lowest BCUT2D eigenvalue weighted by Crippen LogP contribution is -2.16. The second-order valence-corrected chi connectivity index (χ2v) is 8.40. The Labute approximate surface area is 147 Å². The molecule has 5 nitrogen and oxygen atoms in total. The van der Waals surface area contributed by atoms with Crippen molar-refractivity contribution in [2.75, 3.05) is 10.7 Å². The molecule has 0 fully saturated rings. The molecular weight excluding hydrogens is 334 g/mol. The van der Waals surface area contributed by atoms with E-state index in [0.29, 0.717) is 4.90 Å². The van der Waals surface area contributed by atoms with Gasteiger partial charge in [-0.15, -0.1) is 0 Å². The topological polar surface area (TPSA) is 55.2 Å². The molecule has 0 unspecified atom stereocenters. The van der Waals surface area contributed by atoms with Crippen molar-refractivity contribution in [1.29, 1.82) is 0 Å². The minimum atomic E-state index is -3.16. The number of fused-ring (bicyclic) bond motifs is 1. The second kappa shape index (κ2) is 6.04. The van der Waals surface area contributed by atoms with Crippen molar-refractivity contribution in [1.82, 2.24) is 9.78 Å². The molecule has 0 radical (unpaired) electrons.